The summed E-state index contributed by atoms with van der Waals surface area (Å²) in [5.41, 5.74) is 1.13. The quantitative estimate of drug-likeness (QED) is 0.830. The fraction of sp³-hybridized carbons (Fsp3) is 0.385. The van der Waals surface area contributed by atoms with E-state index < -0.39 is 4.75 Å². The predicted octanol–water partition coefficient (Wildman–Crippen LogP) is 1.77. The predicted molar refractivity (Wildman–Crippen MR) is 68.8 cm³/mol. The molecule has 1 saturated heterocycles. The number of nitrogens with one attached hydrogen (secondary N) is 1. The fourth-order valence-electron chi connectivity index (χ4n) is 1.99. The maximum atomic E-state index is 12.0. The van der Waals surface area contributed by atoms with Gasteiger partial charge in [-0.05, 0) is 18.4 Å². The van der Waals surface area contributed by atoms with Crippen LogP contribution in [0.4, 0.5) is 0 Å². The lowest BCUT2D eigenvalue weighted by molar-refractivity contribution is -0.131. The van der Waals surface area contributed by atoms with Crippen LogP contribution in [0, 0.1) is 0 Å². The average molecular weight is 249 g/mol. The molecule has 1 atom stereocenters. The molecule has 1 aromatic carbocycles. The Balaban J connectivity index is 2.20. The van der Waals surface area contributed by atoms with Crippen LogP contribution in [0.5, 0.6) is 0 Å². The van der Waals surface area contributed by atoms with Crippen LogP contribution in [0.1, 0.15) is 18.9 Å². The summed E-state index contributed by atoms with van der Waals surface area (Å²) in [4.78, 5) is 23.2. The number of thioether (sulfide) groups is 1. The lowest BCUT2D eigenvalue weighted by Crippen LogP contribution is -2.53. The van der Waals surface area contributed by atoms with Crippen LogP contribution in [0.2, 0.25) is 0 Å². The van der Waals surface area contributed by atoms with E-state index in [2.05, 4.69) is 5.32 Å². The topological polar surface area (TPSA) is 46.2 Å². The summed E-state index contributed by atoms with van der Waals surface area (Å²) in [6.07, 6.45) is 1.40. The van der Waals surface area contributed by atoms with E-state index in [1.807, 2.05) is 37.3 Å². The molecule has 1 aromatic rings. The van der Waals surface area contributed by atoms with Gasteiger partial charge in [0, 0.05) is 0 Å². The van der Waals surface area contributed by atoms with E-state index in [0.29, 0.717) is 12.2 Å². The largest absolute Gasteiger partial charge is 0.295 e. The van der Waals surface area contributed by atoms with Gasteiger partial charge < -0.3 is 0 Å². The highest BCUT2D eigenvalue weighted by Gasteiger charge is 2.41. The SMILES string of the molecule is CC[C@]1(Cc2ccccc2)SCC(=O)NC1=O. The molecular weight excluding hydrogens is 234 g/mol. The Morgan fingerprint density at radius 3 is 2.59 bits per heavy atom. The molecular formula is C13H15NO2S. The van der Waals surface area contributed by atoms with Gasteiger partial charge in [0.25, 0.3) is 0 Å². The first-order valence-corrected chi connectivity index (χ1v) is 6.67. The highest BCUT2D eigenvalue weighted by molar-refractivity contribution is 8.02. The first-order chi connectivity index (χ1) is 8.16. The van der Waals surface area contributed by atoms with Crippen molar-refractivity contribution in [1.82, 2.24) is 5.32 Å². The molecule has 1 heterocycles. The molecule has 1 aliphatic heterocycles. The van der Waals surface area contributed by atoms with Crippen LogP contribution >= 0.6 is 11.8 Å². The second-order valence-corrected chi connectivity index (χ2v) is 5.54. The van der Waals surface area contributed by atoms with Crippen molar-refractivity contribution >= 4 is 23.6 Å². The van der Waals surface area contributed by atoms with Gasteiger partial charge in [-0.2, -0.15) is 0 Å². The minimum absolute atomic E-state index is 0.148. The number of imide groups is 1. The van der Waals surface area contributed by atoms with Crippen molar-refractivity contribution < 1.29 is 9.59 Å². The lowest BCUT2D eigenvalue weighted by atomic mass is 9.94. The van der Waals surface area contributed by atoms with Gasteiger partial charge in [0.05, 0.1) is 10.5 Å². The van der Waals surface area contributed by atoms with Crippen molar-refractivity contribution in [3.63, 3.8) is 0 Å². The van der Waals surface area contributed by atoms with E-state index in [4.69, 9.17) is 0 Å². The molecule has 0 aliphatic carbocycles. The molecule has 1 aliphatic rings. The van der Waals surface area contributed by atoms with E-state index in [-0.39, 0.29) is 11.8 Å². The molecule has 0 bridgehead atoms. The van der Waals surface area contributed by atoms with Crippen LogP contribution in [-0.4, -0.2) is 22.3 Å². The Bertz CT molecular complexity index is 432. The van der Waals surface area contributed by atoms with E-state index in [1.165, 1.54) is 11.8 Å². The molecule has 0 saturated carbocycles. The zero-order valence-corrected chi connectivity index (χ0v) is 10.5. The lowest BCUT2D eigenvalue weighted by Gasteiger charge is -2.33. The normalized spacial score (nSPS) is 24.5. The van der Waals surface area contributed by atoms with Gasteiger partial charge >= 0.3 is 0 Å². The van der Waals surface area contributed by atoms with E-state index in [1.54, 1.807) is 0 Å². The second kappa shape index (κ2) is 4.92. The smallest absolute Gasteiger partial charge is 0.243 e. The van der Waals surface area contributed by atoms with E-state index in [0.717, 1.165) is 12.0 Å². The maximum absolute atomic E-state index is 12.0. The molecule has 1 N–H and O–H groups in total. The molecule has 90 valence electrons. The molecule has 17 heavy (non-hydrogen) atoms. The first-order valence-electron chi connectivity index (χ1n) is 5.68. The van der Waals surface area contributed by atoms with Gasteiger partial charge in [-0.3, -0.25) is 14.9 Å². The van der Waals surface area contributed by atoms with Crippen LogP contribution in [0.3, 0.4) is 0 Å². The number of carbonyl (C=O) groups excluding carboxylic acids is 2. The summed E-state index contributed by atoms with van der Waals surface area (Å²) in [5.74, 6) is 0.0362. The molecule has 2 amide bonds. The molecule has 0 aromatic heterocycles. The van der Waals surface area contributed by atoms with Gasteiger partial charge in [0.1, 0.15) is 0 Å². The standard InChI is InChI=1S/C13H15NO2S/c1-2-13(8-10-6-4-3-5-7-10)12(16)14-11(15)9-17-13/h3-7H,2,8-9H2,1H3,(H,14,15,16)/t13-/m1/s1. The Labute approximate surface area is 105 Å². The number of carbonyl (C=O) groups is 2. The zero-order chi connectivity index (χ0) is 12.3. The Hall–Kier alpha value is -1.29. The highest BCUT2D eigenvalue weighted by Crippen LogP contribution is 2.35. The van der Waals surface area contributed by atoms with Gasteiger partial charge in [-0.25, -0.2) is 0 Å². The third-order valence-corrected chi connectivity index (χ3v) is 4.63. The van der Waals surface area contributed by atoms with Crippen LogP contribution in [0.15, 0.2) is 30.3 Å². The van der Waals surface area contributed by atoms with Crippen LogP contribution in [-0.2, 0) is 16.0 Å². The summed E-state index contributed by atoms with van der Waals surface area (Å²) in [6, 6.07) is 9.92. The zero-order valence-electron chi connectivity index (χ0n) is 9.73. The number of hydrogen-bond acceptors (Lipinski definition) is 3. The first kappa shape index (κ1) is 12.2. The van der Waals surface area contributed by atoms with Gasteiger partial charge in [-0.15, -0.1) is 11.8 Å². The number of amides is 2. The monoisotopic (exact) mass is 249 g/mol. The number of benzene rings is 1. The molecule has 0 spiro atoms. The third kappa shape index (κ3) is 2.52. The fourth-order valence-corrected chi connectivity index (χ4v) is 3.12. The second-order valence-electron chi connectivity index (χ2n) is 4.18. The Kier molecular flexibility index (Phi) is 3.52. The number of hydrogen-bond donors (Lipinski definition) is 1. The average Bonchev–Trinajstić information content (AvgIpc) is 2.34. The molecule has 0 unspecified atom stereocenters. The van der Waals surface area contributed by atoms with E-state index >= 15 is 0 Å². The van der Waals surface area contributed by atoms with Crippen LogP contribution < -0.4 is 5.32 Å². The Morgan fingerprint density at radius 2 is 2.00 bits per heavy atom. The summed E-state index contributed by atoms with van der Waals surface area (Å²) < 4.78 is -0.491. The van der Waals surface area contributed by atoms with Crippen molar-refractivity contribution in [3.8, 4) is 0 Å². The third-order valence-electron chi connectivity index (χ3n) is 3.05. The van der Waals surface area contributed by atoms with Crippen molar-refractivity contribution in [2.45, 2.75) is 24.5 Å². The van der Waals surface area contributed by atoms with Crippen molar-refractivity contribution in [1.29, 1.82) is 0 Å². The van der Waals surface area contributed by atoms with Crippen LogP contribution in [0.25, 0.3) is 0 Å². The van der Waals surface area contributed by atoms with Crippen molar-refractivity contribution in [3.05, 3.63) is 35.9 Å². The Morgan fingerprint density at radius 1 is 1.29 bits per heavy atom. The summed E-state index contributed by atoms with van der Waals surface area (Å²) in [7, 11) is 0. The molecule has 4 heteroatoms. The molecule has 3 nitrogen and oxygen atoms in total. The van der Waals surface area contributed by atoms with Crippen molar-refractivity contribution in [2.75, 3.05) is 5.75 Å². The summed E-state index contributed by atoms with van der Waals surface area (Å²) in [5, 5.41) is 2.44. The van der Waals surface area contributed by atoms with Crippen molar-refractivity contribution in [2.24, 2.45) is 0 Å². The minimum Gasteiger partial charge on any atom is -0.295 e. The van der Waals surface area contributed by atoms with Gasteiger partial charge in [0.15, 0.2) is 0 Å². The molecule has 0 radical (unpaired) electrons. The summed E-state index contributed by atoms with van der Waals surface area (Å²) >= 11 is 1.46. The highest BCUT2D eigenvalue weighted by atomic mass is 32.2. The number of rotatable bonds is 3. The maximum Gasteiger partial charge on any atom is 0.243 e. The molecule has 1 fully saturated rings. The van der Waals surface area contributed by atoms with Gasteiger partial charge in [-0.1, -0.05) is 37.3 Å². The molecule has 2 rings (SSSR count). The van der Waals surface area contributed by atoms with Gasteiger partial charge in [0.2, 0.25) is 11.8 Å². The minimum atomic E-state index is -0.491. The van der Waals surface area contributed by atoms with E-state index in [9.17, 15) is 9.59 Å². The summed E-state index contributed by atoms with van der Waals surface area (Å²) in [6.45, 7) is 1.99.